The monoisotopic (exact) mass is 280 g/mol. The Balaban J connectivity index is 2.67. The van der Waals surface area contributed by atoms with E-state index in [1.54, 1.807) is 0 Å². The molecular formula is C11H15F3N2O3. The zero-order valence-electron chi connectivity index (χ0n) is 10.5. The molecule has 0 aromatic carbocycles. The van der Waals surface area contributed by atoms with Crippen LogP contribution in [0.15, 0.2) is 23.7 Å². The molecule has 0 saturated carbocycles. The van der Waals surface area contributed by atoms with Crippen molar-refractivity contribution in [1.82, 2.24) is 5.43 Å². The Labute approximate surface area is 108 Å². The molecule has 1 amide bonds. The second-order valence-electron chi connectivity index (χ2n) is 4.40. The number of carbonyl (C=O) groups is 1. The summed E-state index contributed by atoms with van der Waals surface area (Å²) in [5.41, 5.74) is 0.757. The minimum Gasteiger partial charge on any atom is -0.482 e. The van der Waals surface area contributed by atoms with Crippen LogP contribution < -0.4 is 11.3 Å². The van der Waals surface area contributed by atoms with Crippen molar-refractivity contribution >= 4 is 5.91 Å². The lowest BCUT2D eigenvalue weighted by Gasteiger charge is -2.27. The summed E-state index contributed by atoms with van der Waals surface area (Å²) in [6, 6.07) is 0. The molecule has 3 N–H and O–H groups in total. The van der Waals surface area contributed by atoms with E-state index in [1.807, 2.05) is 5.43 Å². The third kappa shape index (κ3) is 4.82. The van der Waals surface area contributed by atoms with Crippen molar-refractivity contribution in [3.8, 4) is 0 Å². The number of carbonyl (C=O) groups excluding carboxylic acids is 1. The maximum atomic E-state index is 12.0. The largest absolute Gasteiger partial charge is 0.572 e. The summed E-state index contributed by atoms with van der Waals surface area (Å²) >= 11 is 0. The summed E-state index contributed by atoms with van der Waals surface area (Å²) in [5, 5.41) is 0. The van der Waals surface area contributed by atoms with Gasteiger partial charge in [-0.1, -0.05) is 0 Å². The van der Waals surface area contributed by atoms with Gasteiger partial charge >= 0.3 is 6.36 Å². The third-order valence-corrected chi connectivity index (χ3v) is 2.38. The van der Waals surface area contributed by atoms with Gasteiger partial charge in [0.1, 0.15) is 5.76 Å². The second kappa shape index (κ2) is 5.52. The summed E-state index contributed by atoms with van der Waals surface area (Å²) in [4.78, 5) is 11.4. The number of hydrogen-bond donors (Lipinski definition) is 2. The van der Waals surface area contributed by atoms with Crippen molar-refractivity contribution in [1.29, 1.82) is 0 Å². The molecular weight excluding hydrogens is 265 g/mol. The highest BCUT2D eigenvalue weighted by molar-refractivity contribution is 5.83. The quantitative estimate of drug-likeness (QED) is 0.468. The van der Waals surface area contributed by atoms with Gasteiger partial charge in [-0.15, -0.1) is 13.2 Å². The van der Waals surface area contributed by atoms with Gasteiger partial charge in [0.15, 0.2) is 5.60 Å². The van der Waals surface area contributed by atoms with E-state index in [9.17, 15) is 18.0 Å². The summed E-state index contributed by atoms with van der Waals surface area (Å²) in [6.45, 7) is 3.00. The topological polar surface area (TPSA) is 73.6 Å². The van der Waals surface area contributed by atoms with Gasteiger partial charge < -0.3 is 9.47 Å². The Morgan fingerprint density at radius 1 is 1.21 bits per heavy atom. The molecule has 0 spiro atoms. The molecule has 0 atom stereocenters. The van der Waals surface area contributed by atoms with E-state index < -0.39 is 17.9 Å². The van der Waals surface area contributed by atoms with Crippen LogP contribution in [0.5, 0.6) is 0 Å². The van der Waals surface area contributed by atoms with E-state index in [0.717, 1.165) is 0 Å². The number of nitrogens with one attached hydrogen (secondary N) is 1. The molecule has 0 heterocycles. The van der Waals surface area contributed by atoms with Gasteiger partial charge in [0, 0.05) is 12.8 Å². The molecule has 0 aromatic heterocycles. The Morgan fingerprint density at radius 2 is 1.68 bits per heavy atom. The van der Waals surface area contributed by atoms with Crippen molar-refractivity contribution < 1.29 is 27.4 Å². The van der Waals surface area contributed by atoms with Crippen LogP contribution in [0, 0.1) is 0 Å². The zero-order chi connectivity index (χ0) is 14.7. The van der Waals surface area contributed by atoms with E-state index in [1.165, 1.54) is 26.0 Å². The predicted molar refractivity (Wildman–Crippen MR) is 60.0 cm³/mol. The van der Waals surface area contributed by atoms with Gasteiger partial charge in [0.2, 0.25) is 0 Å². The van der Waals surface area contributed by atoms with Gasteiger partial charge in [-0.3, -0.25) is 10.2 Å². The number of hydrazine groups is 1. The molecule has 1 aliphatic rings. The van der Waals surface area contributed by atoms with Gasteiger partial charge in [-0.2, -0.15) is 0 Å². The van der Waals surface area contributed by atoms with Crippen LogP contribution in [-0.4, -0.2) is 17.9 Å². The first kappa shape index (κ1) is 15.4. The lowest BCUT2D eigenvalue weighted by Crippen LogP contribution is -2.47. The molecule has 8 heteroatoms. The van der Waals surface area contributed by atoms with Crippen LogP contribution in [0.1, 0.15) is 26.7 Å². The van der Waals surface area contributed by atoms with Crippen LogP contribution in [0.4, 0.5) is 13.2 Å². The van der Waals surface area contributed by atoms with E-state index in [0.29, 0.717) is 5.76 Å². The van der Waals surface area contributed by atoms with Crippen molar-refractivity contribution in [2.75, 3.05) is 0 Å². The smallest absolute Gasteiger partial charge is 0.482 e. The molecule has 1 rings (SSSR count). The number of alkyl halides is 3. The van der Waals surface area contributed by atoms with Crippen molar-refractivity contribution in [2.45, 2.75) is 38.7 Å². The van der Waals surface area contributed by atoms with Gasteiger partial charge in [0.25, 0.3) is 5.91 Å². The second-order valence-corrected chi connectivity index (χ2v) is 4.40. The molecule has 0 saturated heterocycles. The van der Waals surface area contributed by atoms with Crippen LogP contribution in [-0.2, 0) is 14.3 Å². The van der Waals surface area contributed by atoms with Crippen LogP contribution >= 0.6 is 0 Å². The molecule has 0 radical (unpaired) electrons. The van der Waals surface area contributed by atoms with Crippen LogP contribution in [0.25, 0.3) is 0 Å². The van der Waals surface area contributed by atoms with Crippen molar-refractivity contribution in [3.05, 3.63) is 23.7 Å². The van der Waals surface area contributed by atoms with Crippen LogP contribution in [0.3, 0.4) is 0 Å². The standard InChI is InChI=1S/C11H15F3N2O3/c1-10(2,9(17)16-15)18-7-3-5-8(6-4-7)19-11(12,13)14/h3,5H,4,6,15H2,1-2H3,(H,16,17). The highest BCUT2D eigenvalue weighted by atomic mass is 19.4. The first-order valence-corrected chi connectivity index (χ1v) is 5.49. The Bertz CT molecular complexity index is 414. The number of hydrogen-bond acceptors (Lipinski definition) is 4. The van der Waals surface area contributed by atoms with E-state index in [4.69, 9.17) is 10.6 Å². The molecule has 0 bridgehead atoms. The van der Waals surface area contributed by atoms with E-state index in [2.05, 4.69) is 4.74 Å². The summed E-state index contributed by atoms with van der Waals surface area (Å²) < 4.78 is 45.1. The van der Waals surface area contributed by atoms with E-state index in [-0.39, 0.29) is 18.6 Å². The lowest BCUT2D eigenvalue weighted by molar-refractivity contribution is -0.306. The maximum Gasteiger partial charge on any atom is 0.572 e. The minimum absolute atomic E-state index is 0.0473. The third-order valence-electron chi connectivity index (χ3n) is 2.38. The predicted octanol–water partition coefficient (Wildman–Crippen LogP) is 1.87. The Kier molecular flexibility index (Phi) is 4.46. The fourth-order valence-electron chi connectivity index (χ4n) is 1.47. The lowest BCUT2D eigenvalue weighted by atomic mass is 10.1. The van der Waals surface area contributed by atoms with Gasteiger partial charge in [-0.25, -0.2) is 5.84 Å². The molecule has 19 heavy (non-hydrogen) atoms. The maximum absolute atomic E-state index is 12.0. The summed E-state index contributed by atoms with van der Waals surface area (Å²) in [6.07, 6.45) is -1.93. The molecule has 1 aliphatic carbocycles. The number of amides is 1. The molecule has 0 aromatic rings. The van der Waals surface area contributed by atoms with Gasteiger partial charge in [-0.05, 0) is 26.0 Å². The SMILES string of the molecule is CC(C)(OC1=CC=C(OC(F)(F)F)CC1)C(=O)NN. The highest BCUT2D eigenvalue weighted by Gasteiger charge is 2.33. The number of halogens is 3. The van der Waals surface area contributed by atoms with Crippen molar-refractivity contribution in [2.24, 2.45) is 5.84 Å². The number of nitrogens with two attached hydrogens (primary N) is 1. The van der Waals surface area contributed by atoms with Crippen molar-refractivity contribution in [3.63, 3.8) is 0 Å². The normalized spacial score (nSPS) is 16.3. The Hall–Kier alpha value is -1.70. The highest BCUT2D eigenvalue weighted by Crippen LogP contribution is 2.29. The Morgan fingerprint density at radius 3 is 2.05 bits per heavy atom. The van der Waals surface area contributed by atoms with E-state index >= 15 is 0 Å². The number of rotatable bonds is 4. The average Bonchev–Trinajstić information content (AvgIpc) is 2.28. The van der Waals surface area contributed by atoms with Crippen LogP contribution in [0.2, 0.25) is 0 Å². The van der Waals surface area contributed by atoms with Gasteiger partial charge in [0.05, 0.1) is 5.76 Å². The molecule has 108 valence electrons. The first-order chi connectivity index (χ1) is 8.64. The molecule has 0 fully saturated rings. The number of ether oxygens (including phenoxy) is 2. The minimum atomic E-state index is -4.70. The first-order valence-electron chi connectivity index (χ1n) is 5.49. The average molecular weight is 280 g/mol. The molecule has 5 nitrogen and oxygen atoms in total. The fourth-order valence-corrected chi connectivity index (χ4v) is 1.47. The molecule has 0 unspecified atom stereocenters. The fraction of sp³-hybridized carbons (Fsp3) is 0.545. The summed E-state index contributed by atoms with van der Waals surface area (Å²) in [5.74, 6) is 4.66. The zero-order valence-corrected chi connectivity index (χ0v) is 10.5. The molecule has 0 aliphatic heterocycles. The number of allylic oxidation sites excluding steroid dienone is 4. The summed E-state index contributed by atoms with van der Waals surface area (Å²) in [7, 11) is 0.